The van der Waals surface area contributed by atoms with E-state index in [0.717, 1.165) is 17.0 Å². The van der Waals surface area contributed by atoms with Crippen LogP contribution in [0, 0.1) is 11.5 Å². The van der Waals surface area contributed by atoms with Gasteiger partial charge in [0.25, 0.3) is 0 Å². The molecule has 3 nitrogen and oxygen atoms in total. The monoisotopic (exact) mass is 316 g/mol. The van der Waals surface area contributed by atoms with E-state index in [4.69, 9.17) is 4.74 Å². The smallest absolute Gasteiger partial charge is 0.185 e. The van der Waals surface area contributed by atoms with Crippen molar-refractivity contribution in [3.63, 3.8) is 0 Å². The second-order valence-corrected chi connectivity index (χ2v) is 4.78. The first-order valence-corrected chi connectivity index (χ1v) is 6.70. The van der Waals surface area contributed by atoms with Crippen LogP contribution in [0.5, 0.6) is 5.75 Å². The molecule has 0 aliphatic carbocycles. The lowest BCUT2D eigenvalue weighted by molar-refractivity contribution is 0.415. The van der Waals surface area contributed by atoms with Gasteiger partial charge in [-0.3, -0.25) is 4.90 Å². The number of methoxy groups -OCH3 is 1. The van der Waals surface area contributed by atoms with Gasteiger partial charge in [0.2, 0.25) is 0 Å². The van der Waals surface area contributed by atoms with Crippen LogP contribution in [-0.2, 0) is 0 Å². The minimum atomic E-state index is -0.188. The maximum absolute atomic E-state index is 9.35. The molecule has 2 rings (SSSR count). The van der Waals surface area contributed by atoms with Gasteiger partial charge in [-0.25, -0.2) is 0 Å². The number of benzene rings is 2. The molecule has 0 aliphatic heterocycles. The number of hydrogen-bond donors (Lipinski definition) is 0. The molecule has 4 heteroatoms. The summed E-state index contributed by atoms with van der Waals surface area (Å²) < 4.78 is 5.11. The van der Waals surface area contributed by atoms with Crippen molar-refractivity contribution in [3.05, 3.63) is 60.2 Å². The minimum absolute atomic E-state index is 0.188. The fourth-order valence-electron chi connectivity index (χ4n) is 1.74. The fraction of sp³-hybridized carbons (Fsp3) is 0.133. The molecule has 0 N–H and O–H groups in total. The van der Waals surface area contributed by atoms with Crippen LogP contribution in [0.1, 0.15) is 10.5 Å². The highest BCUT2D eigenvalue weighted by molar-refractivity contribution is 9.09. The summed E-state index contributed by atoms with van der Waals surface area (Å²) >= 11 is 3.56. The first kappa shape index (κ1) is 13.4. The highest BCUT2D eigenvalue weighted by atomic mass is 79.9. The number of nitrogens with zero attached hydrogens (tertiary/aromatic N) is 2. The van der Waals surface area contributed by atoms with E-state index >= 15 is 0 Å². The molecule has 0 fully saturated rings. The Bertz CT molecular complexity index is 563. The average molecular weight is 317 g/mol. The van der Waals surface area contributed by atoms with Crippen molar-refractivity contribution < 1.29 is 4.74 Å². The van der Waals surface area contributed by atoms with Gasteiger partial charge in [0.15, 0.2) is 6.19 Å². The van der Waals surface area contributed by atoms with Crippen LogP contribution < -0.4 is 9.64 Å². The lowest BCUT2D eigenvalue weighted by Gasteiger charge is -2.22. The molecule has 0 amide bonds. The Morgan fingerprint density at radius 3 is 2.26 bits per heavy atom. The lowest BCUT2D eigenvalue weighted by atomic mass is 10.2. The molecule has 2 aromatic rings. The number of alkyl halides is 1. The molecule has 0 bridgehead atoms. The van der Waals surface area contributed by atoms with Gasteiger partial charge < -0.3 is 4.74 Å². The van der Waals surface area contributed by atoms with E-state index in [1.165, 1.54) is 0 Å². The summed E-state index contributed by atoms with van der Waals surface area (Å²) in [6.07, 6.45) is 2.20. The van der Waals surface area contributed by atoms with E-state index in [-0.39, 0.29) is 4.95 Å². The molecule has 19 heavy (non-hydrogen) atoms. The highest BCUT2D eigenvalue weighted by Gasteiger charge is 2.17. The van der Waals surface area contributed by atoms with Crippen LogP contribution in [0.4, 0.5) is 5.69 Å². The van der Waals surface area contributed by atoms with Crippen molar-refractivity contribution in [2.75, 3.05) is 12.0 Å². The molecule has 0 saturated carbocycles. The first-order valence-electron chi connectivity index (χ1n) is 5.78. The predicted octanol–water partition coefficient (Wildman–Crippen LogP) is 4.08. The van der Waals surface area contributed by atoms with Gasteiger partial charge >= 0.3 is 0 Å². The number of anilines is 1. The fourth-order valence-corrected chi connectivity index (χ4v) is 2.38. The third-order valence-electron chi connectivity index (χ3n) is 2.76. The quantitative estimate of drug-likeness (QED) is 0.369. The Morgan fingerprint density at radius 2 is 1.74 bits per heavy atom. The molecule has 0 aromatic heterocycles. The number of halogens is 1. The lowest BCUT2D eigenvalue weighted by Crippen LogP contribution is -2.18. The summed E-state index contributed by atoms with van der Waals surface area (Å²) in [5, 5.41) is 9.35. The maximum atomic E-state index is 9.35. The van der Waals surface area contributed by atoms with Gasteiger partial charge in [0.05, 0.1) is 12.8 Å². The SMILES string of the molecule is COc1ccc(N(C#N)C(Br)c2ccccc2)cc1. The van der Waals surface area contributed by atoms with E-state index in [2.05, 4.69) is 22.1 Å². The zero-order chi connectivity index (χ0) is 13.7. The Balaban J connectivity index is 2.27. The number of rotatable bonds is 4. The van der Waals surface area contributed by atoms with Crippen LogP contribution in [0.3, 0.4) is 0 Å². The van der Waals surface area contributed by atoms with Gasteiger partial charge in [0.1, 0.15) is 10.7 Å². The van der Waals surface area contributed by atoms with E-state index in [9.17, 15) is 5.26 Å². The number of ether oxygens (including phenoxy) is 1. The van der Waals surface area contributed by atoms with Crippen LogP contribution in [0.25, 0.3) is 0 Å². The molecule has 0 aliphatic rings. The first-order chi connectivity index (χ1) is 9.26. The largest absolute Gasteiger partial charge is 0.497 e. The predicted molar refractivity (Wildman–Crippen MR) is 79.2 cm³/mol. The van der Waals surface area contributed by atoms with Crippen LogP contribution in [-0.4, -0.2) is 7.11 Å². The highest BCUT2D eigenvalue weighted by Crippen LogP contribution is 2.32. The van der Waals surface area contributed by atoms with E-state index in [1.807, 2.05) is 54.6 Å². The van der Waals surface area contributed by atoms with E-state index in [1.54, 1.807) is 12.0 Å². The summed E-state index contributed by atoms with van der Waals surface area (Å²) in [5.41, 5.74) is 1.84. The second kappa shape index (κ2) is 6.26. The molecule has 0 spiro atoms. The topological polar surface area (TPSA) is 36.3 Å². The van der Waals surface area contributed by atoms with Crippen LogP contribution in [0.2, 0.25) is 0 Å². The third-order valence-corrected chi connectivity index (χ3v) is 3.70. The van der Waals surface area contributed by atoms with Gasteiger partial charge in [-0.15, -0.1) is 0 Å². The molecule has 0 saturated heterocycles. The molecular weight excluding hydrogens is 304 g/mol. The zero-order valence-electron chi connectivity index (χ0n) is 10.5. The summed E-state index contributed by atoms with van der Waals surface area (Å²) in [7, 11) is 1.62. The van der Waals surface area contributed by atoms with Crippen molar-refractivity contribution in [1.29, 1.82) is 5.26 Å². The summed E-state index contributed by atoms with van der Waals surface area (Å²) in [6, 6.07) is 17.2. The van der Waals surface area contributed by atoms with Crippen LogP contribution >= 0.6 is 15.9 Å². The number of hydrogen-bond acceptors (Lipinski definition) is 3. The molecular formula is C15H13BrN2O. The molecule has 0 radical (unpaired) electrons. The molecule has 0 heterocycles. The normalized spacial score (nSPS) is 11.4. The Morgan fingerprint density at radius 1 is 1.11 bits per heavy atom. The van der Waals surface area contributed by atoms with Gasteiger partial charge in [-0.2, -0.15) is 5.26 Å². The van der Waals surface area contributed by atoms with Crippen molar-refractivity contribution in [2.24, 2.45) is 0 Å². The summed E-state index contributed by atoms with van der Waals surface area (Å²) in [4.78, 5) is 1.42. The van der Waals surface area contributed by atoms with E-state index in [0.29, 0.717) is 0 Å². The van der Waals surface area contributed by atoms with Gasteiger partial charge in [-0.05, 0) is 29.8 Å². The van der Waals surface area contributed by atoms with Crippen molar-refractivity contribution in [1.82, 2.24) is 0 Å². The van der Waals surface area contributed by atoms with Crippen molar-refractivity contribution >= 4 is 21.6 Å². The minimum Gasteiger partial charge on any atom is -0.497 e. The van der Waals surface area contributed by atoms with Gasteiger partial charge in [-0.1, -0.05) is 46.3 Å². The molecule has 96 valence electrons. The maximum Gasteiger partial charge on any atom is 0.185 e. The molecule has 2 aromatic carbocycles. The van der Waals surface area contributed by atoms with Crippen molar-refractivity contribution in [2.45, 2.75) is 4.95 Å². The second-order valence-electron chi connectivity index (χ2n) is 3.91. The Kier molecular flexibility index (Phi) is 4.43. The number of nitriles is 1. The summed E-state index contributed by atoms with van der Waals surface area (Å²) in [5.74, 6) is 0.771. The summed E-state index contributed by atoms with van der Waals surface area (Å²) in [6.45, 7) is 0. The average Bonchev–Trinajstić information content (AvgIpc) is 2.49. The Hall–Kier alpha value is -1.99. The standard InChI is InChI=1S/C15H13BrN2O/c1-19-14-9-7-13(8-10-14)18(11-17)15(16)12-5-3-2-4-6-12/h2-10,15H,1H3. The zero-order valence-corrected chi connectivity index (χ0v) is 12.0. The van der Waals surface area contributed by atoms with Gasteiger partial charge in [0, 0.05) is 0 Å². The Labute approximate surface area is 121 Å². The van der Waals surface area contributed by atoms with E-state index < -0.39 is 0 Å². The molecule has 1 unspecified atom stereocenters. The van der Waals surface area contributed by atoms with Crippen LogP contribution in [0.15, 0.2) is 54.6 Å². The molecule has 1 atom stereocenters. The van der Waals surface area contributed by atoms with Crippen molar-refractivity contribution in [3.8, 4) is 11.9 Å². The third kappa shape index (κ3) is 3.07.